The average molecular weight is 206 g/mol. The summed E-state index contributed by atoms with van der Waals surface area (Å²) in [6.07, 6.45) is 0.638. The van der Waals surface area contributed by atoms with Gasteiger partial charge in [0.2, 0.25) is 5.82 Å². The Hall–Kier alpha value is -2.11. The number of aryl methyl sites for hydroxylation is 1. The van der Waals surface area contributed by atoms with Gasteiger partial charge in [-0.05, 0) is 23.4 Å². The number of nitrogens with zero attached hydrogens (tertiary/aromatic N) is 4. The Morgan fingerprint density at radius 1 is 1.47 bits per heavy atom. The number of benzene rings is 1. The van der Waals surface area contributed by atoms with Crippen LogP contribution in [-0.2, 0) is 7.05 Å². The third-order valence-corrected chi connectivity index (χ3v) is 1.88. The van der Waals surface area contributed by atoms with Gasteiger partial charge in [-0.15, -0.1) is 10.2 Å². The van der Waals surface area contributed by atoms with Crippen LogP contribution in [0.25, 0.3) is 11.4 Å². The Morgan fingerprint density at radius 3 is 2.87 bits per heavy atom. The second-order valence-electron chi connectivity index (χ2n) is 2.96. The van der Waals surface area contributed by atoms with Crippen LogP contribution in [0.2, 0.25) is 0 Å². The maximum atomic E-state index is 13.4. The van der Waals surface area contributed by atoms with Crippen LogP contribution in [0, 0.1) is 5.82 Å². The van der Waals surface area contributed by atoms with Gasteiger partial charge in [0.15, 0.2) is 0 Å². The maximum absolute atomic E-state index is 13.4. The van der Waals surface area contributed by atoms with E-state index >= 15 is 0 Å². The number of hydrogen-bond donors (Lipinski definition) is 0. The van der Waals surface area contributed by atoms with Gasteiger partial charge in [0.25, 0.3) is 0 Å². The fourth-order valence-electron chi connectivity index (χ4n) is 1.18. The number of aldehydes is 1. The van der Waals surface area contributed by atoms with Crippen molar-refractivity contribution in [2.24, 2.45) is 7.05 Å². The van der Waals surface area contributed by atoms with E-state index in [1.54, 1.807) is 7.05 Å². The first-order valence-corrected chi connectivity index (χ1v) is 4.20. The van der Waals surface area contributed by atoms with Crippen LogP contribution in [-0.4, -0.2) is 26.5 Å². The van der Waals surface area contributed by atoms with E-state index in [1.165, 1.54) is 23.0 Å². The summed E-state index contributed by atoms with van der Waals surface area (Å²) in [6.45, 7) is 0. The molecule has 0 aliphatic carbocycles. The van der Waals surface area contributed by atoms with Crippen molar-refractivity contribution in [1.82, 2.24) is 20.2 Å². The second kappa shape index (κ2) is 3.56. The molecule has 0 saturated heterocycles. The Balaban J connectivity index is 2.55. The summed E-state index contributed by atoms with van der Waals surface area (Å²) >= 11 is 0. The van der Waals surface area contributed by atoms with Crippen molar-refractivity contribution in [2.45, 2.75) is 0 Å². The Kier molecular flexibility index (Phi) is 2.24. The van der Waals surface area contributed by atoms with Crippen molar-refractivity contribution in [3.05, 3.63) is 29.6 Å². The van der Waals surface area contributed by atoms with Gasteiger partial charge < -0.3 is 0 Å². The lowest BCUT2D eigenvalue weighted by Crippen LogP contribution is -1.93. The molecule has 6 heteroatoms. The minimum absolute atomic E-state index is 0.165. The molecule has 1 aromatic heterocycles. The number of rotatable bonds is 2. The lowest BCUT2D eigenvalue weighted by Gasteiger charge is -1.97. The fraction of sp³-hybridized carbons (Fsp3) is 0.111. The predicted molar refractivity (Wildman–Crippen MR) is 49.6 cm³/mol. The molecule has 5 nitrogen and oxygen atoms in total. The SMILES string of the molecule is Cn1nnc(-c2cc(C=O)ccc2F)n1. The summed E-state index contributed by atoms with van der Waals surface area (Å²) in [6, 6.07) is 3.98. The first kappa shape index (κ1) is 9.45. The quantitative estimate of drug-likeness (QED) is 0.683. The van der Waals surface area contributed by atoms with Gasteiger partial charge >= 0.3 is 0 Å². The molecule has 0 radical (unpaired) electrons. The monoisotopic (exact) mass is 206 g/mol. The molecular formula is C9H7FN4O. The molecule has 0 bridgehead atoms. The molecule has 2 aromatic rings. The molecule has 0 unspecified atom stereocenters. The standard InChI is InChI=1S/C9H7FN4O/c1-14-12-9(11-13-14)7-4-6(5-15)2-3-8(7)10/h2-5H,1H3. The van der Waals surface area contributed by atoms with Gasteiger partial charge in [-0.2, -0.15) is 4.80 Å². The molecule has 76 valence electrons. The Labute approximate surface area is 84.5 Å². The van der Waals surface area contributed by atoms with Crippen LogP contribution in [0.15, 0.2) is 18.2 Å². The first-order valence-electron chi connectivity index (χ1n) is 4.20. The largest absolute Gasteiger partial charge is 0.298 e. The number of hydrogen-bond acceptors (Lipinski definition) is 4. The van der Waals surface area contributed by atoms with Gasteiger partial charge in [-0.25, -0.2) is 4.39 Å². The highest BCUT2D eigenvalue weighted by atomic mass is 19.1. The van der Waals surface area contributed by atoms with E-state index in [-0.39, 0.29) is 11.4 Å². The molecule has 0 spiro atoms. The minimum Gasteiger partial charge on any atom is -0.298 e. The molecular weight excluding hydrogens is 199 g/mol. The van der Waals surface area contributed by atoms with E-state index in [4.69, 9.17) is 0 Å². The number of halogens is 1. The van der Waals surface area contributed by atoms with Gasteiger partial charge in [0.1, 0.15) is 12.1 Å². The van der Waals surface area contributed by atoms with Crippen LogP contribution in [0.3, 0.4) is 0 Å². The van der Waals surface area contributed by atoms with Crippen molar-refractivity contribution in [3.63, 3.8) is 0 Å². The zero-order valence-electron chi connectivity index (χ0n) is 7.88. The number of carbonyl (C=O) groups is 1. The molecule has 0 aliphatic heterocycles. The predicted octanol–water partition coefficient (Wildman–Crippen LogP) is 0.829. The summed E-state index contributed by atoms with van der Waals surface area (Å²) in [5.74, 6) is -0.313. The van der Waals surface area contributed by atoms with Crippen molar-refractivity contribution in [3.8, 4) is 11.4 Å². The fourth-order valence-corrected chi connectivity index (χ4v) is 1.18. The minimum atomic E-state index is -0.478. The number of carbonyl (C=O) groups excluding carboxylic acids is 1. The van der Waals surface area contributed by atoms with Crippen molar-refractivity contribution in [1.29, 1.82) is 0 Å². The maximum Gasteiger partial charge on any atom is 0.207 e. The highest BCUT2D eigenvalue weighted by molar-refractivity contribution is 5.77. The number of aromatic nitrogens is 4. The topological polar surface area (TPSA) is 60.7 Å². The van der Waals surface area contributed by atoms with Crippen LogP contribution in [0.5, 0.6) is 0 Å². The van der Waals surface area contributed by atoms with Gasteiger partial charge in [0.05, 0.1) is 12.6 Å². The van der Waals surface area contributed by atoms with E-state index < -0.39 is 5.82 Å². The highest BCUT2D eigenvalue weighted by Crippen LogP contribution is 2.18. The third kappa shape index (κ3) is 1.74. The van der Waals surface area contributed by atoms with Gasteiger partial charge in [-0.3, -0.25) is 4.79 Å². The van der Waals surface area contributed by atoms with Crippen LogP contribution < -0.4 is 0 Å². The molecule has 15 heavy (non-hydrogen) atoms. The zero-order chi connectivity index (χ0) is 10.8. The first-order chi connectivity index (χ1) is 7.20. The van der Waals surface area contributed by atoms with E-state index in [0.717, 1.165) is 0 Å². The van der Waals surface area contributed by atoms with Gasteiger partial charge in [-0.1, -0.05) is 0 Å². The summed E-state index contributed by atoms with van der Waals surface area (Å²) in [5.41, 5.74) is 0.548. The Bertz CT molecular complexity index is 509. The van der Waals surface area contributed by atoms with E-state index in [2.05, 4.69) is 15.4 Å². The molecule has 2 rings (SSSR count). The molecule has 0 saturated carbocycles. The van der Waals surface area contributed by atoms with Crippen LogP contribution >= 0.6 is 0 Å². The summed E-state index contributed by atoms with van der Waals surface area (Å²) < 4.78 is 13.4. The molecule has 1 heterocycles. The lowest BCUT2D eigenvalue weighted by atomic mass is 10.1. The van der Waals surface area contributed by atoms with E-state index in [0.29, 0.717) is 11.8 Å². The van der Waals surface area contributed by atoms with Crippen molar-refractivity contribution >= 4 is 6.29 Å². The number of tetrazole rings is 1. The summed E-state index contributed by atoms with van der Waals surface area (Å²) in [4.78, 5) is 11.7. The van der Waals surface area contributed by atoms with Crippen LogP contribution in [0.4, 0.5) is 4.39 Å². The molecule has 0 fully saturated rings. The smallest absolute Gasteiger partial charge is 0.207 e. The summed E-state index contributed by atoms with van der Waals surface area (Å²) in [5, 5.41) is 11.1. The zero-order valence-corrected chi connectivity index (χ0v) is 7.88. The lowest BCUT2D eigenvalue weighted by molar-refractivity contribution is 0.112. The molecule has 0 N–H and O–H groups in total. The second-order valence-corrected chi connectivity index (χ2v) is 2.96. The normalized spacial score (nSPS) is 10.3. The van der Waals surface area contributed by atoms with Gasteiger partial charge in [0, 0.05) is 5.56 Å². The summed E-state index contributed by atoms with van der Waals surface area (Å²) in [7, 11) is 1.58. The van der Waals surface area contributed by atoms with E-state index in [1.807, 2.05) is 0 Å². The van der Waals surface area contributed by atoms with Crippen molar-refractivity contribution < 1.29 is 9.18 Å². The third-order valence-electron chi connectivity index (χ3n) is 1.88. The highest BCUT2D eigenvalue weighted by Gasteiger charge is 2.10. The molecule has 0 amide bonds. The average Bonchev–Trinajstić information content (AvgIpc) is 2.65. The van der Waals surface area contributed by atoms with Crippen molar-refractivity contribution in [2.75, 3.05) is 0 Å². The molecule has 0 aliphatic rings. The van der Waals surface area contributed by atoms with E-state index in [9.17, 15) is 9.18 Å². The Morgan fingerprint density at radius 2 is 2.27 bits per heavy atom. The molecule has 0 atom stereocenters. The van der Waals surface area contributed by atoms with Crippen LogP contribution in [0.1, 0.15) is 10.4 Å². The molecule has 1 aromatic carbocycles.